The second-order valence-corrected chi connectivity index (χ2v) is 6.50. The largest absolute Gasteiger partial charge is 0.454 e. The van der Waals surface area contributed by atoms with E-state index in [-0.39, 0.29) is 25.3 Å². The lowest BCUT2D eigenvalue weighted by molar-refractivity contribution is -0.131. The Morgan fingerprint density at radius 2 is 1.80 bits per heavy atom. The van der Waals surface area contributed by atoms with Crippen LogP contribution in [0.3, 0.4) is 0 Å². The Bertz CT molecular complexity index is 837. The number of imide groups is 1. The summed E-state index contributed by atoms with van der Waals surface area (Å²) in [6.45, 7) is 2.22. The summed E-state index contributed by atoms with van der Waals surface area (Å²) in [5.74, 6) is 1.14. The third-order valence-electron chi connectivity index (χ3n) is 4.52. The minimum Gasteiger partial charge on any atom is -0.454 e. The highest BCUT2D eigenvalue weighted by molar-refractivity contribution is 6.06. The van der Waals surface area contributed by atoms with Crippen LogP contribution in [0, 0.1) is 0 Å². The molecule has 0 aliphatic carbocycles. The Morgan fingerprint density at radius 3 is 2.60 bits per heavy atom. The van der Waals surface area contributed by atoms with Crippen molar-refractivity contribution in [3.63, 3.8) is 0 Å². The lowest BCUT2D eigenvalue weighted by atomic mass is 9.92. The van der Waals surface area contributed by atoms with Crippen LogP contribution in [0.2, 0.25) is 0 Å². The molecule has 2 aromatic carbocycles. The zero-order valence-corrected chi connectivity index (χ0v) is 13.8. The number of nitrogens with one attached hydrogen (secondary N) is 1. The van der Waals surface area contributed by atoms with E-state index < -0.39 is 5.54 Å². The average Bonchev–Trinajstić information content (AvgIpc) is 3.14. The quantitative estimate of drug-likeness (QED) is 0.870. The number of hydrogen-bond donors (Lipinski definition) is 1. The van der Waals surface area contributed by atoms with Crippen molar-refractivity contribution >= 4 is 11.9 Å². The molecular formula is C19H18N2O4. The molecule has 0 radical (unpaired) electrons. The lowest BCUT2D eigenvalue weighted by Gasteiger charge is -2.22. The summed E-state index contributed by atoms with van der Waals surface area (Å²) in [6, 6.07) is 14.7. The summed E-state index contributed by atoms with van der Waals surface area (Å²) >= 11 is 0. The maximum atomic E-state index is 12.9. The van der Waals surface area contributed by atoms with Gasteiger partial charge in [0.05, 0.1) is 6.54 Å². The number of carbonyl (C=O) groups excluding carboxylic acids is 2. The molecular weight excluding hydrogens is 320 g/mol. The average molecular weight is 338 g/mol. The minimum absolute atomic E-state index is 0.205. The number of nitrogens with zero attached hydrogens (tertiary/aromatic N) is 1. The smallest absolute Gasteiger partial charge is 0.325 e. The van der Waals surface area contributed by atoms with E-state index in [2.05, 4.69) is 5.32 Å². The fraction of sp³-hybridized carbons (Fsp3) is 0.263. The number of urea groups is 1. The van der Waals surface area contributed by atoms with Crippen LogP contribution >= 0.6 is 0 Å². The highest BCUT2D eigenvalue weighted by Gasteiger charge is 2.47. The molecule has 2 aromatic rings. The molecule has 1 fully saturated rings. The van der Waals surface area contributed by atoms with Crippen molar-refractivity contribution < 1.29 is 19.1 Å². The molecule has 0 unspecified atom stereocenters. The number of rotatable bonds is 4. The number of fused-ring (bicyclic) bond motifs is 1. The van der Waals surface area contributed by atoms with E-state index in [9.17, 15) is 9.59 Å². The standard InChI is InChI=1S/C19H18N2O4/c1-19(10-14-7-8-15-16(9-14)25-12-24-15)17(22)21(18(23)20-19)11-13-5-3-2-4-6-13/h2-9H,10-12H2,1H3,(H,20,23)/t19-/m1/s1. The van der Waals surface area contributed by atoms with Crippen LogP contribution in [0.25, 0.3) is 0 Å². The van der Waals surface area contributed by atoms with Crippen LogP contribution < -0.4 is 14.8 Å². The van der Waals surface area contributed by atoms with Gasteiger partial charge in [0.1, 0.15) is 5.54 Å². The molecule has 6 nitrogen and oxygen atoms in total. The van der Waals surface area contributed by atoms with Crippen molar-refractivity contribution in [2.75, 3.05) is 6.79 Å². The molecule has 2 aliphatic rings. The molecule has 6 heteroatoms. The minimum atomic E-state index is -0.973. The van der Waals surface area contributed by atoms with Gasteiger partial charge in [-0.25, -0.2) is 4.79 Å². The van der Waals surface area contributed by atoms with E-state index >= 15 is 0 Å². The first kappa shape index (κ1) is 15.5. The van der Waals surface area contributed by atoms with Gasteiger partial charge in [-0.05, 0) is 30.2 Å². The molecule has 1 N–H and O–H groups in total. The van der Waals surface area contributed by atoms with E-state index in [0.29, 0.717) is 17.9 Å². The molecule has 4 rings (SSSR count). The predicted molar refractivity (Wildman–Crippen MR) is 90.2 cm³/mol. The first-order valence-electron chi connectivity index (χ1n) is 8.12. The first-order chi connectivity index (χ1) is 12.0. The van der Waals surface area contributed by atoms with Crippen molar-refractivity contribution in [3.05, 3.63) is 59.7 Å². The normalized spacial score (nSPS) is 21.6. The number of carbonyl (C=O) groups is 2. The highest BCUT2D eigenvalue weighted by atomic mass is 16.7. The predicted octanol–water partition coefficient (Wildman–Crippen LogP) is 2.47. The Morgan fingerprint density at radius 1 is 1.04 bits per heavy atom. The van der Waals surface area contributed by atoms with Crippen LogP contribution in [0.15, 0.2) is 48.5 Å². The highest BCUT2D eigenvalue weighted by Crippen LogP contribution is 2.34. The first-order valence-corrected chi connectivity index (χ1v) is 8.12. The summed E-state index contributed by atoms with van der Waals surface area (Å²) < 4.78 is 10.7. The van der Waals surface area contributed by atoms with Gasteiger partial charge in [-0.1, -0.05) is 36.4 Å². The Kier molecular flexibility index (Phi) is 3.60. The summed E-state index contributed by atoms with van der Waals surface area (Å²) in [4.78, 5) is 26.5. The van der Waals surface area contributed by atoms with E-state index in [1.54, 1.807) is 6.92 Å². The second kappa shape index (κ2) is 5.81. The van der Waals surface area contributed by atoms with Crippen LogP contribution in [-0.4, -0.2) is 29.2 Å². The van der Waals surface area contributed by atoms with Gasteiger partial charge in [0.2, 0.25) is 6.79 Å². The molecule has 3 amide bonds. The summed E-state index contributed by atoms with van der Waals surface area (Å²) in [5.41, 5.74) is 0.847. The van der Waals surface area contributed by atoms with Crippen LogP contribution in [0.4, 0.5) is 4.79 Å². The van der Waals surface area contributed by atoms with Gasteiger partial charge in [-0.2, -0.15) is 0 Å². The molecule has 25 heavy (non-hydrogen) atoms. The Hall–Kier alpha value is -3.02. The van der Waals surface area contributed by atoms with E-state index in [4.69, 9.17) is 9.47 Å². The Labute approximate surface area is 145 Å². The number of hydrogen-bond acceptors (Lipinski definition) is 4. The van der Waals surface area contributed by atoms with E-state index in [1.165, 1.54) is 4.90 Å². The Balaban J connectivity index is 1.53. The molecule has 0 spiro atoms. The number of amides is 3. The van der Waals surface area contributed by atoms with Gasteiger partial charge >= 0.3 is 6.03 Å². The van der Waals surface area contributed by atoms with Gasteiger partial charge < -0.3 is 14.8 Å². The monoisotopic (exact) mass is 338 g/mol. The van der Waals surface area contributed by atoms with Crippen molar-refractivity contribution in [2.45, 2.75) is 25.4 Å². The van der Waals surface area contributed by atoms with Crippen LogP contribution in [0.5, 0.6) is 11.5 Å². The van der Waals surface area contributed by atoms with Gasteiger partial charge in [-0.15, -0.1) is 0 Å². The third-order valence-corrected chi connectivity index (χ3v) is 4.52. The molecule has 2 aliphatic heterocycles. The van der Waals surface area contributed by atoms with Crippen molar-refractivity contribution in [3.8, 4) is 11.5 Å². The van der Waals surface area contributed by atoms with Gasteiger partial charge in [0.15, 0.2) is 11.5 Å². The number of benzene rings is 2. The maximum Gasteiger partial charge on any atom is 0.325 e. The van der Waals surface area contributed by atoms with Gasteiger partial charge in [0.25, 0.3) is 5.91 Å². The van der Waals surface area contributed by atoms with E-state index in [0.717, 1.165) is 11.1 Å². The van der Waals surface area contributed by atoms with Gasteiger partial charge in [0, 0.05) is 6.42 Å². The zero-order chi connectivity index (χ0) is 17.4. The SMILES string of the molecule is C[C@]1(Cc2ccc3c(c2)OCO3)NC(=O)N(Cc2ccccc2)C1=O. The number of ether oxygens (including phenoxy) is 2. The van der Waals surface area contributed by atoms with Crippen LogP contribution in [0.1, 0.15) is 18.1 Å². The van der Waals surface area contributed by atoms with E-state index in [1.807, 2.05) is 48.5 Å². The van der Waals surface area contributed by atoms with Crippen molar-refractivity contribution in [1.29, 1.82) is 0 Å². The zero-order valence-electron chi connectivity index (χ0n) is 13.8. The second-order valence-electron chi connectivity index (χ2n) is 6.50. The third kappa shape index (κ3) is 2.80. The lowest BCUT2D eigenvalue weighted by Crippen LogP contribution is -2.45. The van der Waals surface area contributed by atoms with Crippen molar-refractivity contribution in [2.24, 2.45) is 0 Å². The summed E-state index contributed by atoms with van der Waals surface area (Å²) in [5, 5.41) is 2.83. The topological polar surface area (TPSA) is 67.9 Å². The molecule has 1 saturated heterocycles. The summed E-state index contributed by atoms with van der Waals surface area (Å²) in [7, 11) is 0. The fourth-order valence-corrected chi connectivity index (χ4v) is 3.24. The molecule has 0 saturated carbocycles. The fourth-order valence-electron chi connectivity index (χ4n) is 3.24. The maximum absolute atomic E-state index is 12.9. The molecule has 0 aromatic heterocycles. The molecule has 2 heterocycles. The molecule has 0 bridgehead atoms. The molecule has 128 valence electrons. The summed E-state index contributed by atoms with van der Waals surface area (Å²) in [6.07, 6.45) is 0.388. The molecule has 1 atom stereocenters. The van der Waals surface area contributed by atoms with Crippen molar-refractivity contribution in [1.82, 2.24) is 10.2 Å². The van der Waals surface area contributed by atoms with Crippen LogP contribution in [-0.2, 0) is 17.8 Å². The van der Waals surface area contributed by atoms with Gasteiger partial charge in [-0.3, -0.25) is 9.69 Å².